The number of amides is 1. The van der Waals surface area contributed by atoms with Gasteiger partial charge in [-0.05, 0) is 20.3 Å². The van der Waals surface area contributed by atoms with E-state index in [0.717, 1.165) is 13.0 Å². The molecule has 0 aromatic rings. The Labute approximate surface area is 69.7 Å². The number of nitrogens with zero attached hydrogens (tertiary/aromatic N) is 1. The van der Waals surface area contributed by atoms with Gasteiger partial charge in [0.25, 0.3) is 0 Å². The molecule has 3 heteroatoms. The van der Waals surface area contributed by atoms with Crippen molar-refractivity contribution in [2.75, 3.05) is 6.54 Å². The number of carbonyl (C=O) groups excluding carboxylic acids is 1. The minimum absolute atomic E-state index is 0.0786. The summed E-state index contributed by atoms with van der Waals surface area (Å²) in [7, 11) is 0. The second-order valence-corrected chi connectivity index (χ2v) is 3.99. The molecule has 1 aliphatic rings. The average molecular weight is 206 g/mol. The summed E-state index contributed by atoms with van der Waals surface area (Å²) >= 11 is 3.32. The van der Waals surface area contributed by atoms with Crippen molar-refractivity contribution in [3.8, 4) is 0 Å². The fourth-order valence-electron chi connectivity index (χ4n) is 1.18. The molecule has 58 valence electrons. The highest BCUT2D eigenvalue weighted by atomic mass is 79.9. The van der Waals surface area contributed by atoms with E-state index in [4.69, 9.17) is 0 Å². The van der Waals surface area contributed by atoms with Crippen LogP contribution in [0.15, 0.2) is 0 Å². The molecule has 1 fully saturated rings. The van der Waals surface area contributed by atoms with Crippen molar-refractivity contribution >= 4 is 21.8 Å². The Morgan fingerprint density at radius 1 is 1.70 bits per heavy atom. The molecule has 0 radical (unpaired) electrons. The largest absolute Gasteiger partial charge is 0.339 e. The van der Waals surface area contributed by atoms with Gasteiger partial charge >= 0.3 is 0 Å². The van der Waals surface area contributed by atoms with E-state index in [1.165, 1.54) is 0 Å². The zero-order valence-corrected chi connectivity index (χ0v) is 7.89. The molecule has 0 aromatic heterocycles. The predicted molar refractivity (Wildman–Crippen MR) is 44.2 cm³/mol. The Kier molecular flexibility index (Phi) is 2.34. The van der Waals surface area contributed by atoms with E-state index < -0.39 is 0 Å². The monoisotopic (exact) mass is 205 g/mol. The van der Waals surface area contributed by atoms with Gasteiger partial charge in [0.15, 0.2) is 0 Å². The molecule has 2 nitrogen and oxygen atoms in total. The Hall–Kier alpha value is -0.0500. The number of halogens is 1. The fraction of sp³-hybridized carbons (Fsp3) is 0.857. The molecular formula is C7H12BrNO. The van der Waals surface area contributed by atoms with Crippen LogP contribution in [0.4, 0.5) is 0 Å². The third-order valence-corrected chi connectivity index (χ3v) is 2.65. The van der Waals surface area contributed by atoms with Crippen LogP contribution < -0.4 is 0 Å². The number of carbonyl (C=O) groups is 1. The van der Waals surface area contributed by atoms with Crippen molar-refractivity contribution in [1.29, 1.82) is 0 Å². The molecule has 1 heterocycles. The second kappa shape index (κ2) is 2.91. The Morgan fingerprint density at radius 2 is 2.30 bits per heavy atom. The zero-order chi connectivity index (χ0) is 7.72. The normalized spacial score (nSPS) is 26.6. The minimum atomic E-state index is 0.0786. The maximum atomic E-state index is 11.2. The molecule has 1 saturated heterocycles. The summed E-state index contributed by atoms with van der Waals surface area (Å²) in [5.74, 6) is 0.245. The summed E-state index contributed by atoms with van der Waals surface area (Å²) in [6.07, 6.45) is 0.955. The van der Waals surface area contributed by atoms with Crippen LogP contribution in [0.25, 0.3) is 0 Å². The predicted octanol–water partition coefficient (Wildman–Crippen LogP) is 1.39. The Morgan fingerprint density at radius 3 is 2.50 bits per heavy atom. The molecule has 0 bridgehead atoms. The van der Waals surface area contributed by atoms with Crippen molar-refractivity contribution in [1.82, 2.24) is 4.90 Å². The molecule has 0 aromatic carbocycles. The summed E-state index contributed by atoms with van der Waals surface area (Å²) in [6, 6.07) is 0.357. The number of likely N-dealkylation sites (tertiary alicyclic amines) is 1. The molecule has 0 aliphatic carbocycles. The van der Waals surface area contributed by atoms with E-state index in [-0.39, 0.29) is 10.7 Å². The van der Waals surface area contributed by atoms with Gasteiger partial charge in [-0.15, -0.1) is 0 Å². The van der Waals surface area contributed by atoms with E-state index in [1.807, 2.05) is 18.7 Å². The van der Waals surface area contributed by atoms with E-state index in [0.29, 0.717) is 6.04 Å². The maximum Gasteiger partial charge on any atom is 0.236 e. The lowest BCUT2D eigenvalue weighted by Gasteiger charge is -2.19. The SMILES string of the molecule is CC(C)N1CCC(Br)C1=O. The van der Waals surface area contributed by atoms with E-state index >= 15 is 0 Å². The van der Waals surface area contributed by atoms with Crippen LogP contribution in [0, 0.1) is 0 Å². The van der Waals surface area contributed by atoms with Gasteiger partial charge in [0.2, 0.25) is 5.91 Å². The fourth-order valence-corrected chi connectivity index (χ4v) is 1.65. The summed E-state index contributed by atoms with van der Waals surface area (Å²) in [6.45, 7) is 5.00. The molecular weight excluding hydrogens is 194 g/mol. The molecule has 0 N–H and O–H groups in total. The molecule has 1 atom stereocenters. The topological polar surface area (TPSA) is 20.3 Å². The highest BCUT2D eigenvalue weighted by molar-refractivity contribution is 9.10. The van der Waals surface area contributed by atoms with Crippen molar-refractivity contribution < 1.29 is 4.79 Å². The van der Waals surface area contributed by atoms with Crippen molar-refractivity contribution in [3.05, 3.63) is 0 Å². The molecule has 0 spiro atoms. The first-order valence-corrected chi connectivity index (χ1v) is 4.49. The lowest BCUT2D eigenvalue weighted by Crippen LogP contribution is -2.33. The number of hydrogen-bond donors (Lipinski definition) is 0. The third-order valence-electron chi connectivity index (χ3n) is 1.80. The van der Waals surface area contributed by atoms with Gasteiger partial charge in [-0.1, -0.05) is 15.9 Å². The average Bonchev–Trinajstić information content (AvgIpc) is 2.14. The standard InChI is InChI=1S/C7H12BrNO/c1-5(2)9-4-3-6(8)7(9)10/h5-6H,3-4H2,1-2H3. The summed E-state index contributed by atoms with van der Waals surface area (Å²) in [4.78, 5) is 13.2. The summed E-state index contributed by atoms with van der Waals surface area (Å²) in [5, 5.41) is 0. The number of hydrogen-bond acceptors (Lipinski definition) is 1. The van der Waals surface area contributed by atoms with Crippen LogP contribution in [0.3, 0.4) is 0 Å². The van der Waals surface area contributed by atoms with Crippen molar-refractivity contribution in [3.63, 3.8) is 0 Å². The smallest absolute Gasteiger partial charge is 0.236 e. The number of alkyl halides is 1. The molecule has 1 rings (SSSR count). The van der Waals surface area contributed by atoms with Crippen LogP contribution in [-0.2, 0) is 4.79 Å². The lowest BCUT2D eigenvalue weighted by atomic mass is 10.3. The van der Waals surface area contributed by atoms with Crippen LogP contribution in [0.2, 0.25) is 0 Å². The number of rotatable bonds is 1. The zero-order valence-electron chi connectivity index (χ0n) is 6.30. The first-order chi connectivity index (χ1) is 4.63. The van der Waals surface area contributed by atoms with E-state index in [2.05, 4.69) is 15.9 Å². The Bertz CT molecular complexity index is 147. The molecule has 1 aliphatic heterocycles. The van der Waals surface area contributed by atoms with E-state index in [9.17, 15) is 4.79 Å². The lowest BCUT2D eigenvalue weighted by molar-refractivity contribution is -0.128. The van der Waals surface area contributed by atoms with Crippen LogP contribution in [-0.4, -0.2) is 28.2 Å². The Balaban J connectivity index is 2.57. The molecule has 0 saturated carbocycles. The van der Waals surface area contributed by atoms with Crippen molar-refractivity contribution in [2.45, 2.75) is 31.1 Å². The van der Waals surface area contributed by atoms with Gasteiger partial charge in [0.05, 0.1) is 4.83 Å². The molecule has 10 heavy (non-hydrogen) atoms. The van der Waals surface area contributed by atoms with Crippen LogP contribution in [0.5, 0.6) is 0 Å². The van der Waals surface area contributed by atoms with Crippen LogP contribution in [0.1, 0.15) is 20.3 Å². The van der Waals surface area contributed by atoms with Gasteiger partial charge < -0.3 is 4.90 Å². The highest BCUT2D eigenvalue weighted by Gasteiger charge is 2.30. The van der Waals surface area contributed by atoms with Gasteiger partial charge in [0.1, 0.15) is 0 Å². The maximum absolute atomic E-state index is 11.2. The summed E-state index contributed by atoms with van der Waals surface area (Å²) < 4.78 is 0. The quantitative estimate of drug-likeness (QED) is 0.593. The first kappa shape index (κ1) is 8.05. The second-order valence-electron chi connectivity index (χ2n) is 2.88. The third kappa shape index (κ3) is 1.34. The molecule has 1 unspecified atom stereocenters. The van der Waals surface area contributed by atoms with Gasteiger partial charge in [-0.25, -0.2) is 0 Å². The van der Waals surface area contributed by atoms with Gasteiger partial charge in [-0.3, -0.25) is 4.79 Å². The summed E-state index contributed by atoms with van der Waals surface area (Å²) in [5.41, 5.74) is 0. The first-order valence-electron chi connectivity index (χ1n) is 3.57. The minimum Gasteiger partial charge on any atom is -0.339 e. The molecule has 1 amide bonds. The highest BCUT2D eigenvalue weighted by Crippen LogP contribution is 2.19. The van der Waals surface area contributed by atoms with Gasteiger partial charge in [-0.2, -0.15) is 0 Å². The van der Waals surface area contributed by atoms with Crippen LogP contribution >= 0.6 is 15.9 Å². The van der Waals surface area contributed by atoms with E-state index in [1.54, 1.807) is 0 Å². The van der Waals surface area contributed by atoms with Crippen molar-refractivity contribution in [2.24, 2.45) is 0 Å². The van der Waals surface area contributed by atoms with Gasteiger partial charge in [0, 0.05) is 12.6 Å².